The van der Waals surface area contributed by atoms with Crippen molar-refractivity contribution in [2.45, 2.75) is 24.2 Å². The van der Waals surface area contributed by atoms with Crippen molar-refractivity contribution < 1.29 is 23.3 Å². The van der Waals surface area contributed by atoms with Gasteiger partial charge >= 0.3 is 0 Å². The lowest BCUT2D eigenvalue weighted by Crippen LogP contribution is -2.28. The molecule has 2 aromatic heterocycles. The van der Waals surface area contributed by atoms with E-state index in [9.17, 15) is 28.5 Å². The smallest absolute Gasteiger partial charge is 0.269 e. The van der Waals surface area contributed by atoms with E-state index >= 15 is 0 Å². The lowest BCUT2D eigenvalue weighted by molar-refractivity contribution is -0.384. The van der Waals surface area contributed by atoms with Crippen LogP contribution in [0.1, 0.15) is 39.1 Å². The third-order valence-corrected chi connectivity index (χ3v) is 8.90. The summed E-state index contributed by atoms with van der Waals surface area (Å²) in [5.74, 6) is -1.64. The number of nitro benzene ring substituents is 1. The molecule has 232 valence electrons. The Morgan fingerprint density at radius 2 is 1.78 bits per heavy atom. The average molecular weight is 660 g/mol. The van der Waals surface area contributed by atoms with Crippen LogP contribution in [0, 0.1) is 21.7 Å². The van der Waals surface area contributed by atoms with E-state index < -0.39 is 22.7 Å². The standard InChI is InChI=1S/C31H23F2N7O4S2/c32-21-8-6-19(7-9-21)26-16-25(27-5-2-14-45-27)37-39(26)29(41)18-46-31-36-35-28(17-34-30(42)20-3-1-4-22(33)15-20)38(31)23-10-12-24(13-11-23)40(43)44/h1-15,26H,16-18H2,(H,34,42). The van der Waals surface area contributed by atoms with E-state index in [1.165, 1.54) is 70.9 Å². The van der Waals surface area contributed by atoms with Crippen molar-refractivity contribution in [3.63, 3.8) is 0 Å². The highest BCUT2D eigenvalue weighted by Crippen LogP contribution is 2.35. The van der Waals surface area contributed by atoms with Gasteiger partial charge in [0.05, 0.1) is 33.9 Å². The molecule has 0 radical (unpaired) electrons. The Morgan fingerprint density at radius 3 is 2.48 bits per heavy atom. The first-order valence-corrected chi connectivity index (χ1v) is 15.7. The second kappa shape index (κ2) is 13.4. The Hall–Kier alpha value is -5.28. The molecule has 15 heteroatoms. The second-order valence-corrected chi connectivity index (χ2v) is 11.9. The number of benzene rings is 3. The van der Waals surface area contributed by atoms with E-state index in [0.717, 1.165) is 34.0 Å². The van der Waals surface area contributed by atoms with E-state index in [2.05, 4.69) is 20.6 Å². The number of nitrogens with zero attached hydrogens (tertiary/aromatic N) is 6. The summed E-state index contributed by atoms with van der Waals surface area (Å²) in [5.41, 5.74) is 1.94. The summed E-state index contributed by atoms with van der Waals surface area (Å²) in [6.07, 6.45) is 0.455. The summed E-state index contributed by atoms with van der Waals surface area (Å²) in [5, 5.41) is 30.6. The molecule has 1 N–H and O–H groups in total. The number of non-ortho nitro benzene ring substituents is 1. The lowest BCUT2D eigenvalue weighted by Gasteiger charge is -2.22. The second-order valence-electron chi connectivity index (χ2n) is 10.0. The van der Waals surface area contributed by atoms with Gasteiger partial charge < -0.3 is 5.32 Å². The van der Waals surface area contributed by atoms with Gasteiger partial charge in [-0.3, -0.25) is 24.3 Å². The minimum Gasteiger partial charge on any atom is -0.345 e. The number of hydrogen-bond acceptors (Lipinski definition) is 9. The highest BCUT2D eigenvalue weighted by Gasteiger charge is 2.34. The van der Waals surface area contributed by atoms with Crippen LogP contribution < -0.4 is 5.32 Å². The van der Waals surface area contributed by atoms with Crippen molar-refractivity contribution in [1.82, 2.24) is 25.1 Å². The quantitative estimate of drug-likeness (QED) is 0.112. The highest BCUT2D eigenvalue weighted by atomic mass is 32.2. The molecule has 1 unspecified atom stereocenters. The maximum absolute atomic E-state index is 13.7. The fraction of sp³-hybridized carbons (Fsp3) is 0.129. The van der Waals surface area contributed by atoms with Gasteiger partial charge in [0.15, 0.2) is 11.0 Å². The summed E-state index contributed by atoms with van der Waals surface area (Å²) >= 11 is 2.58. The van der Waals surface area contributed by atoms with Gasteiger partial charge in [0.1, 0.15) is 11.6 Å². The van der Waals surface area contributed by atoms with E-state index in [0.29, 0.717) is 12.1 Å². The van der Waals surface area contributed by atoms with Crippen molar-refractivity contribution in [3.8, 4) is 5.69 Å². The number of amides is 2. The molecule has 11 nitrogen and oxygen atoms in total. The van der Waals surface area contributed by atoms with Gasteiger partial charge in [-0.2, -0.15) is 5.10 Å². The summed E-state index contributed by atoms with van der Waals surface area (Å²) in [6, 6.07) is 20.2. The molecule has 3 heterocycles. The number of nitro groups is 1. The number of hydrogen-bond donors (Lipinski definition) is 1. The molecule has 1 aliphatic rings. The van der Waals surface area contributed by atoms with Crippen LogP contribution in [-0.4, -0.2) is 48.0 Å². The number of aromatic nitrogens is 3. The molecule has 0 saturated heterocycles. The van der Waals surface area contributed by atoms with Gasteiger partial charge in [0.2, 0.25) is 0 Å². The monoisotopic (exact) mass is 659 g/mol. The van der Waals surface area contributed by atoms with Crippen LogP contribution in [-0.2, 0) is 11.3 Å². The summed E-state index contributed by atoms with van der Waals surface area (Å²) < 4.78 is 28.9. The molecule has 2 amide bonds. The van der Waals surface area contributed by atoms with Crippen molar-refractivity contribution in [3.05, 3.63) is 134 Å². The molecule has 0 bridgehead atoms. The molecule has 6 rings (SSSR count). The van der Waals surface area contributed by atoms with Gasteiger partial charge in [-0.1, -0.05) is 36.0 Å². The molecule has 1 atom stereocenters. The van der Waals surface area contributed by atoms with Gasteiger partial charge in [0, 0.05) is 29.8 Å². The number of thioether (sulfide) groups is 1. The van der Waals surface area contributed by atoms with E-state index in [4.69, 9.17) is 0 Å². The van der Waals surface area contributed by atoms with E-state index in [-0.39, 0.29) is 46.3 Å². The maximum Gasteiger partial charge on any atom is 0.269 e. The van der Waals surface area contributed by atoms with Crippen LogP contribution in [0.3, 0.4) is 0 Å². The number of rotatable bonds is 10. The Balaban J connectivity index is 1.25. The molecule has 3 aromatic carbocycles. The first kappa shape index (κ1) is 30.7. The zero-order chi connectivity index (χ0) is 32.2. The summed E-state index contributed by atoms with van der Waals surface area (Å²) in [4.78, 5) is 38.0. The molecule has 0 spiro atoms. The Labute approximate surface area is 268 Å². The molecule has 46 heavy (non-hydrogen) atoms. The molecular weight excluding hydrogens is 637 g/mol. The Kier molecular flexibility index (Phi) is 8.94. The van der Waals surface area contributed by atoms with Crippen LogP contribution in [0.15, 0.2) is 101 Å². The number of carbonyl (C=O) groups is 2. The van der Waals surface area contributed by atoms with Crippen LogP contribution in [0.25, 0.3) is 5.69 Å². The zero-order valence-corrected chi connectivity index (χ0v) is 25.4. The highest BCUT2D eigenvalue weighted by molar-refractivity contribution is 7.99. The lowest BCUT2D eigenvalue weighted by atomic mass is 10.0. The maximum atomic E-state index is 13.7. The van der Waals surface area contributed by atoms with Crippen molar-refractivity contribution >= 4 is 46.3 Å². The number of carbonyl (C=O) groups excluding carboxylic acids is 2. The van der Waals surface area contributed by atoms with Crippen LogP contribution in [0.2, 0.25) is 0 Å². The SMILES string of the molecule is O=C(NCc1nnc(SCC(=O)N2N=C(c3cccs3)CC2c2ccc(F)cc2)n1-c1ccc([N+](=O)[O-])cc1)c1cccc(F)c1. The predicted octanol–water partition coefficient (Wildman–Crippen LogP) is 5.92. The van der Waals surface area contributed by atoms with Crippen LogP contribution >= 0.6 is 23.1 Å². The van der Waals surface area contributed by atoms with Gasteiger partial charge in [-0.05, 0) is 59.5 Å². The number of hydrazone groups is 1. The van der Waals surface area contributed by atoms with Crippen LogP contribution in [0.5, 0.6) is 0 Å². The Morgan fingerprint density at radius 1 is 1.00 bits per heavy atom. The fourth-order valence-corrected chi connectivity index (χ4v) is 6.40. The van der Waals surface area contributed by atoms with Gasteiger partial charge in [-0.15, -0.1) is 21.5 Å². The normalized spacial score (nSPS) is 14.3. The topological polar surface area (TPSA) is 136 Å². The number of nitrogens with one attached hydrogen (secondary N) is 1. The number of halogens is 2. The first-order valence-electron chi connectivity index (χ1n) is 13.8. The minimum absolute atomic E-state index is 0.0975. The third-order valence-electron chi connectivity index (χ3n) is 7.06. The van der Waals surface area contributed by atoms with Crippen molar-refractivity contribution in [2.75, 3.05) is 5.75 Å². The van der Waals surface area contributed by atoms with Crippen molar-refractivity contribution in [2.24, 2.45) is 5.10 Å². The molecule has 0 saturated carbocycles. The zero-order valence-electron chi connectivity index (χ0n) is 23.7. The number of thiophene rings is 1. The van der Waals surface area contributed by atoms with Gasteiger partial charge in [-0.25, -0.2) is 13.8 Å². The predicted molar refractivity (Wildman–Crippen MR) is 168 cm³/mol. The molecule has 1 aliphatic heterocycles. The summed E-state index contributed by atoms with van der Waals surface area (Å²) in [6.45, 7) is -0.110. The fourth-order valence-electron chi connectivity index (χ4n) is 4.85. The van der Waals surface area contributed by atoms with Gasteiger partial charge in [0.25, 0.3) is 17.5 Å². The molecule has 5 aromatic rings. The first-order chi connectivity index (χ1) is 22.3. The molecule has 0 aliphatic carbocycles. The van der Waals surface area contributed by atoms with Crippen LogP contribution in [0.4, 0.5) is 14.5 Å². The van der Waals surface area contributed by atoms with E-state index in [1.807, 2.05) is 17.5 Å². The molecular formula is C31H23F2N7O4S2. The third kappa shape index (κ3) is 6.69. The minimum atomic E-state index is -0.559. The summed E-state index contributed by atoms with van der Waals surface area (Å²) in [7, 11) is 0. The molecule has 0 fully saturated rings. The van der Waals surface area contributed by atoms with Crippen molar-refractivity contribution in [1.29, 1.82) is 0 Å². The average Bonchev–Trinajstić information content (AvgIpc) is 3.83. The largest absolute Gasteiger partial charge is 0.345 e. The Bertz CT molecular complexity index is 1930. The van der Waals surface area contributed by atoms with E-state index in [1.54, 1.807) is 16.7 Å².